The number of hydrogen-bond acceptors (Lipinski definition) is 8. The number of benzene rings is 1. The molecule has 10 heteroatoms. The maximum atomic E-state index is 13.3. The van der Waals surface area contributed by atoms with Gasteiger partial charge in [-0.05, 0) is 25.3 Å². The molecule has 0 unspecified atom stereocenters. The molecule has 9 nitrogen and oxygen atoms in total. The van der Waals surface area contributed by atoms with Crippen LogP contribution in [-0.4, -0.2) is 51.5 Å². The van der Waals surface area contributed by atoms with Gasteiger partial charge in [-0.2, -0.15) is 0 Å². The molecule has 1 saturated carbocycles. The highest BCUT2D eigenvalue weighted by Crippen LogP contribution is 2.36. The molecule has 1 aliphatic carbocycles. The topological polar surface area (TPSA) is 141 Å². The van der Waals surface area contributed by atoms with E-state index in [4.69, 9.17) is 10.8 Å². The summed E-state index contributed by atoms with van der Waals surface area (Å²) in [7, 11) is 0. The Balaban J connectivity index is 1.64. The zero-order valence-electron chi connectivity index (χ0n) is 19.2. The Morgan fingerprint density at radius 3 is 2.53 bits per heavy atom. The maximum Gasteiger partial charge on any atom is 0.294 e. The van der Waals surface area contributed by atoms with Gasteiger partial charge < -0.3 is 21.5 Å². The molecule has 3 rings (SSSR count). The molecule has 1 fully saturated rings. The molecule has 1 aromatic carbocycles. The summed E-state index contributed by atoms with van der Waals surface area (Å²) in [6.07, 6.45) is 5.53. The van der Waals surface area contributed by atoms with Crippen molar-refractivity contribution >= 4 is 40.7 Å². The van der Waals surface area contributed by atoms with Crippen LogP contribution in [0, 0.1) is 10.8 Å². The lowest BCUT2D eigenvalue weighted by atomic mass is 9.95. The Morgan fingerprint density at radius 2 is 1.85 bits per heavy atom. The molecule has 0 atom stereocenters. The summed E-state index contributed by atoms with van der Waals surface area (Å²) >= 11 is 1.50. The van der Waals surface area contributed by atoms with Crippen LogP contribution in [0.25, 0.3) is 0 Å². The van der Waals surface area contributed by atoms with Crippen LogP contribution in [0.15, 0.2) is 47.5 Å². The number of thioether (sulfide) groups is 1. The van der Waals surface area contributed by atoms with Crippen molar-refractivity contribution in [1.29, 1.82) is 10.8 Å². The van der Waals surface area contributed by atoms with Crippen LogP contribution in [-0.2, 0) is 20.9 Å². The van der Waals surface area contributed by atoms with E-state index in [2.05, 4.69) is 15.6 Å². The van der Waals surface area contributed by atoms with Gasteiger partial charge in [0.15, 0.2) is 11.6 Å². The van der Waals surface area contributed by atoms with Crippen LogP contribution in [0.2, 0.25) is 0 Å². The van der Waals surface area contributed by atoms with E-state index >= 15 is 0 Å². The molecule has 0 aliphatic heterocycles. The van der Waals surface area contributed by atoms with E-state index < -0.39 is 11.1 Å². The smallest absolute Gasteiger partial charge is 0.294 e. The molecule has 1 amide bonds. The molecule has 1 heterocycles. The van der Waals surface area contributed by atoms with E-state index in [1.54, 1.807) is 0 Å². The SMILES string of the molecule is CC(=N)C(=N)CNc1nccn(C2(C(=O)NCC(=O)CSCc3ccccc3)CCCC2)c1=O. The van der Waals surface area contributed by atoms with Crippen molar-refractivity contribution in [2.75, 3.05) is 24.2 Å². The third-order valence-corrected chi connectivity index (χ3v) is 6.92. The Hall–Kier alpha value is -3.27. The van der Waals surface area contributed by atoms with Crippen molar-refractivity contribution in [3.05, 3.63) is 58.6 Å². The lowest BCUT2D eigenvalue weighted by Gasteiger charge is -2.30. The first-order valence-corrected chi connectivity index (χ1v) is 12.4. The van der Waals surface area contributed by atoms with Crippen molar-refractivity contribution < 1.29 is 9.59 Å². The fourth-order valence-corrected chi connectivity index (χ4v) is 4.82. The number of carbonyl (C=O) groups is 2. The van der Waals surface area contributed by atoms with Gasteiger partial charge in [-0.1, -0.05) is 43.2 Å². The summed E-state index contributed by atoms with van der Waals surface area (Å²) in [5.41, 5.74) is -0.240. The fraction of sp³-hybridized carbons (Fsp3) is 0.417. The van der Waals surface area contributed by atoms with Crippen LogP contribution in [0.5, 0.6) is 0 Å². The number of amides is 1. The average Bonchev–Trinajstić information content (AvgIpc) is 3.33. The van der Waals surface area contributed by atoms with Gasteiger partial charge in [-0.3, -0.25) is 19.0 Å². The molecule has 0 saturated heterocycles. The number of ketones is 1. The molecule has 4 N–H and O–H groups in total. The lowest BCUT2D eigenvalue weighted by Crippen LogP contribution is -2.52. The van der Waals surface area contributed by atoms with Gasteiger partial charge in [0.1, 0.15) is 5.54 Å². The molecule has 180 valence electrons. The molecule has 1 aliphatic rings. The number of carbonyl (C=O) groups excluding carboxylic acids is 2. The predicted octanol–water partition coefficient (Wildman–Crippen LogP) is 2.60. The van der Waals surface area contributed by atoms with Gasteiger partial charge in [0.05, 0.1) is 30.3 Å². The van der Waals surface area contributed by atoms with Gasteiger partial charge in [-0.15, -0.1) is 11.8 Å². The Labute approximate surface area is 202 Å². The summed E-state index contributed by atoms with van der Waals surface area (Å²) < 4.78 is 1.40. The highest BCUT2D eigenvalue weighted by atomic mass is 32.2. The number of nitrogens with zero attached hydrogens (tertiary/aromatic N) is 2. The number of Topliss-reactive ketones (excluding diaryl/α,β-unsaturated/α-hetero) is 1. The van der Waals surface area contributed by atoms with Gasteiger partial charge >= 0.3 is 0 Å². The molecule has 2 aromatic rings. The number of hydrogen-bond donors (Lipinski definition) is 4. The third-order valence-electron chi connectivity index (χ3n) is 5.86. The normalized spacial score (nSPS) is 14.4. The maximum absolute atomic E-state index is 13.3. The van der Waals surface area contributed by atoms with Crippen molar-refractivity contribution in [1.82, 2.24) is 14.9 Å². The molecule has 0 radical (unpaired) electrons. The van der Waals surface area contributed by atoms with Crippen LogP contribution in [0.1, 0.15) is 38.2 Å². The minimum Gasteiger partial charge on any atom is -0.360 e. The first-order valence-electron chi connectivity index (χ1n) is 11.2. The van der Waals surface area contributed by atoms with Crippen molar-refractivity contribution in [3.8, 4) is 0 Å². The summed E-state index contributed by atoms with van der Waals surface area (Å²) in [4.78, 5) is 42.8. The fourth-order valence-electron chi connectivity index (χ4n) is 3.96. The van der Waals surface area contributed by atoms with E-state index in [1.807, 2.05) is 30.3 Å². The standard InChI is InChI=1S/C24H30N6O3S/c1-17(25)20(26)14-28-21-22(32)30(12-11-27-21)24(9-5-6-10-24)23(33)29-13-19(31)16-34-15-18-7-3-2-4-8-18/h2-4,7-8,11-12,25-26H,5-6,9-10,13-16H2,1H3,(H,27,28)(H,29,33). The predicted molar refractivity (Wildman–Crippen MR) is 135 cm³/mol. The van der Waals surface area contributed by atoms with E-state index in [9.17, 15) is 14.4 Å². The number of aromatic nitrogens is 2. The average molecular weight is 483 g/mol. The van der Waals surface area contributed by atoms with E-state index in [1.165, 1.54) is 35.6 Å². The van der Waals surface area contributed by atoms with Gasteiger partial charge in [0, 0.05) is 18.1 Å². The van der Waals surface area contributed by atoms with Gasteiger partial charge in [0.2, 0.25) is 5.91 Å². The van der Waals surface area contributed by atoms with Crippen LogP contribution in [0.3, 0.4) is 0 Å². The second-order valence-electron chi connectivity index (χ2n) is 8.35. The van der Waals surface area contributed by atoms with E-state index in [0.29, 0.717) is 18.6 Å². The number of nitrogens with one attached hydrogen (secondary N) is 4. The van der Waals surface area contributed by atoms with Crippen LogP contribution in [0.4, 0.5) is 5.82 Å². The Morgan fingerprint density at radius 1 is 1.15 bits per heavy atom. The molecule has 0 bridgehead atoms. The first kappa shape index (κ1) is 25.4. The van der Waals surface area contributed by atoms with Gasteiger partial charge in [0.25, 0.3) is 5.56 Å². The summed E-state index contributed by atoms with van der Waals surface area (Å²) in [6, 6.07) is 9.88. The number of rotatable bonds is 12. The third kappa shape index (κ3) is 6.19. The summed E-state index contributed by atoms with van der Waals surface area (Å²) in [5.74, 6) is 0.632. The minimum absolute atomic E-state index is 0.00403. The van der Waals surface area contributed by atoms with Crippen LogP contribution < -0.4 is 16.2 Å². The van der Waals surface area contributed by atoms with Crippen molar-refractivity contribution in [2.45, 2.75) is 43.9 Å². The first-order chi connectivity index (χ1) is 16.3. The minimum atomic E-state index is -1.07. The molecule has 34 heavy (non-hydrogen) atoms. The number of anilines is 1. The molecule has 1 aromatic heterocycles. The second-order valence-corrected chi connectivity index (χ2v) is 9.33. The Kier molecular flexibility index (Phi) is 8.75. The van der Waals surface area contributed by atoms with E-state index in [0.717, 1.165) is 24.2 Å². The molecule has 0 spiro atoms. The lowest BCUT2D eigenvalue weighted by molar-refractivity contribution is -0.131. The summed E-state index contributed by atoms with van der Waals surface area (Å²) in [6.45, 7) is 1.42. The zero-order chi connectivity index (χ0) is 24.6. The highest BCUT2D eigenvalue weighted by Gasteiger charge is 2.43. The van der Waals surface area contributed by atoms with E-state index in [-0.39, 0.29) is 42.0 Å². The molecular formula is C24H30N6O3S. The molecular weight excluding hydrogens is 452 g/mol. The zero-order valence-corrected chi connectivity index (χ0v) is 20.0. The highest BCUT2D eigenvalue weighted by molar-refractivity contribution is 7.99. The quantitative estimate of drug-likeness (QED) is 0.343. The monoisotopic (exact) mass is 482 g/mol. The Bertz CT molecular complexity index is 1110. The second kappa shape index (κ2) is 11.7. The largest absolute Gasteiger partial charge is 0.360 e. The van der Waals surface area contributed by atoms with Crippen molar-refractivity contribution in [3.63, 3.8) is 0 Å². The van der Waals surface area contributed by atoms with Gasteiger partial charge in [-0.25, -0.2) is 4.98 Å². The summed E-state index contributed by atoms with van der Waals surface area (Å²) in [5, 5.41) is 20.8. The van der Waals surface area contributed by atoms with Crippen molar-refractivity contribution in [2.24, 2.45) is 0 Å². The van der Waals surface area contributed by atoms with Crippen LogP contribution >= 0.6 is 11.8 Å².